The lowest BCUT2D eigenvalue weighted by Crippen LogP contribution is -2.41. The molecule has 0 bridgehead atoms. The van der Waals surface area contributed by atoms with Crippen LogP contribution in [0, 0.1) is 11.3 Å². The molecule has 102 valence electrons. The third-order valence-corrected chi connectivity index (χ3v) is 3.00. The van der Waals surface area contributed by atoms with Crippen molar-refractivity contribution in [2.45, 2.75) is 26.8 Å². The highest BCUT2D eigenvalue weighted by atomic mass is 16.2. The van der Waals surface area contributed by atoms with Gasteiger partial charge in [-0.05, 0) is 39.0 Å². The summed E-state index contributed by atoms with van der Waals surface area (Å²) in [5, 5.41) is 11.9. The van der Waals surface area contributed by atoms with E-state index in [2.05, 4.69) is 5.32 Å². The van der Waals surface area contributed by atoms with Gasteiger partial charge in [0.25, 0.3) is 0 Å². The third-order valence-electron chi connectivity index (χ3n) is 3.00. The molecule has 1 atom stereocenters. The molecule has 0 aliphatic rings. The largest absolute Gasteiger partial charge is 0.398 e. The second kappa shape index (κ2) is 6.64. The first-order valence-electron chi connectivity index (χ1n) is 6.38. The van der Waals surface area contributed by atoms with E-state index in [1.165, 1.54) is 0 Å². The molecule has 0 saturated carbocycles. The highest BCUT2D eigenvalue weighted by Gasteiger charge is 2.17. The molecule has 0 heterocycles. The second-order valence-corrected chi connectivity index (χ2v) is 4.29. The molecule has 0 aromatic heterocycles. The highest BCUT2D eigenvalue weighted by molar-refractivity contribution is 5.84. The van der Waals surface area contributed by atoms with Crippen LogP contribution in [0.1, 0.15) is 26.3 Å². The van der Waals surface area contributed by atoms with Gasteiger partial charge >= 0.3 is 0 Å². The van der Waals surface area contributed by atoms with Gasteiger partial charge in [0.15, 0.2) is 0 Å². The average Bonchev–Trinajstić information content (AvgIpc) is 2.40. The number of nitriles is 1. The van der Waals surface area contributed by atoms with Crippen molar-refractivity contribution in [3.63, 3.8) is 0 Å². The zero-order valence-electron chi connectivity index (χ0n) is 11.6. The van der Waals surface area contributed by atoms with Crippen LogP contribution in [-0.4, -0.2) is 29.9 Å². The summed E-state index contributed by atoms with van der Waals surface area (Å²) in [7, 11) is 0. The van der Waals surface area contributed by atoms with E-state index in [-0.39, 0.29) is 11.9 Å². The first-order valence-corrected chi connectivity index (χ1v) is 6.38. The van der Waals surface area contributed by atoms with Crippen LogP contribution in [0.2, 0.25) is 0 Å². The van der Waals surface area contributed by atoms with Crippen LogP contribution < -0.4 is 11.1 Å². The number of benzene rings is 1. The Bertz CT molecular complexity index is 489. The lowest BCUT2D eigenvalue weighted by Gasteiger charge is -2.24. The molecule has 1 aromatic rings. The Morgan fingerprint density at radius 2 is 2.11 bits per heavy atom. The molecule has 5 nitrogen and oxygen atoms in total. The average molecular weight is 260 g/mol. The fourth-order valence-electron chi connectivity index (χ4n) is 1.88. The van der Waals surface area contributed by atoms with Gasteiger partial charge < -0.3 is 16.0 Å². The van der Waals surface area contributed by atoms with Gasteiger partial charge in [-0.2, -0.15) is 5.26 Å². The van der Waals surface area contributed by atoms with Gasteiger partial charge in [-0.1, -0.05) is 0 Å². The minimum Gasteiger partial charge on any atom is -0.398 e. The van der Waals surface area contributed by atoms with Crippen molar-refractivity contribution in [2.75, 3.05) is 24.1 Å². The molecule has 0 aliphatic carbocycles. The van der Waals surface area contributed by atoms with Gasteiger partial charge in [0.1, 0.15) is 12.1 Å². The van der Waals surface area contributed by atoms with Crippen molar-refractivity contribution >= 4 is 17.3 Å². The maximum Gasteiger partial charge on any atom is 0.244 e. The van der Waals surface area contributed by atoms with Crippen LogP contribution in [0.15, 0.2) is 18.2 Å². The monoisotopic (exact) mass is 260 g/mol. The van der Waals surface area contributed by atoms with Gasteiger partial charge in [0.05, 0.1) is 11.3 Å². The predicted molar refractivity (Wildman–Crippen MR) is 76.6 cm³/mol. The third kappa shape index (κ3) is 3.62. The number of rotatable bonds is 5. The number of likely N-dealkylation sites (N-methyl/N-ethyl adjacent to an activating group) is 1. The number of anilines is 2. The van der Waals surface area contributed by atoms with Crippen LogP contribution >= 0.6 is 0 Å². The van der Waals surface area contributed by atoms with Crippen LogP contribution in [0.5, 0.6) is 0 Å². The molecule has 0 saturated heterocycles. The van der Waals surface area contributed by atoms with E-state index >= 15 is 0 Å². The van der Waals surface area contributed by atoms with Gasteiger partial charge in [-0.25, -0.2) is 0 Å². The summed E-state index contributed by atoms with van der Waals surface area (Å²) >= 11 is 0. The SMILES string of the molecule is CCN(CC)C(=O)C(C)Nc1ccc(C#N)c(N)c1. The van der Waals surface area contributed by atoms with Crippen molar-refractivity contribution in [3.8, 4) is 6.07 Å². The highest BCUT2D eigenvalue weighted by Crippen LogP contribution is 2.18. The summed E-state index contributed by atoms with van der Waals surface area (Å²) in [6.07, 6.45) is 0. The number of hydrogen-bond acceptors (Lipinski definition) is 4. The Morgan fingerprint density at radius 3 is 2.58 bits per heavy atom. The number of hydrogen-bond donors (Lipinski definition) is 2. The molecular formula is C14H20N4O. The predicted octanol–water partition coefficient (Wildman–Crippen LogP) is 1.81. The Morgan fingerprint density at radius 1 is 1.47 bits per heavy atom. The summed E-state index contributed by atoms with van der Waals surface area (Å²) in [6, 6.07) is 6.75. The molecule has 19 heavy (non-hydrogen) atoms. The van der Waals surface area contributed by atoms with E-state index < -0.39 is 0 Å². The van der Waals surface area contributed by atoms with Gasteiger partial charge in [0, 0.05) is 18.8 Å². The van der Waals surface area contributed by atoms with Crippen molar-refractivity contribution in [3.05, 3.63) is 23.8 Å². The standard InChI is InChI=1S/C14H20N4O/c1-4-18(5-2)14(19)10(3)17-12-7-6-11(9-15)13(16)8-12/h6-8,10,17H,4-5,16H2,1-3H3. The first-order chi connectivity index (χ1) is 9.03. The fourth-order valence-corrected chi connectivity index (χ4v) is 1.88. The van der Waals surface area contributed by atoms with E-state index in [9.17, 15) is 4.79 Å². The minimum absolute atomic E-state index is 0.0490. The van der Waals surface area contributed by atoms with Gasteiger partial charge in [0.2, 0.25) is 5.91 Å². The zero-order valence-corrected chi connectivity index (χ0v) is 11.6. The fraction of sp³-hybridized carbons (Fsp3) is 0.429. The number of carbonyl (C=O) groups excluding carboxylic acids is 1. The van der Waals surface area contributed by atoms with Crippen molar-refractivity contribution in [1.29, 1.82) is 5.26 Å². The quantitative estimate of drug-likeness (QED) is 0.791. The zero-order chi connectivity index (χ0) is 14.4. The van der Waals surface area contributed by atoms with E-state index in [0.29, 0.717) is 24.3 Å². The van der Waals surface area contributed by atoms with Crippen molar-refractivity contribution in [2.24, 2.45) is 0 Å². The number of nitrogen functional groups attached to an aromatic ring is 1. The molecule has 1 rings (SSSR count). The summed E-state index contributed by atoms with van der Waals surface area (Å²) in [6.45, 7) is 7.10. The lowest BCUT2D eigenvalue weighted by molar-refractivity contribution is -0.131. The van der Waals surface area contributed by atoms with Gasteiger partial charge in [-0.15, -0.1) is 0 Å². The number of nitrogens with one attached hydrogen (secondary N) is 1. The normalized spacial score (nSPS) is 11.5. The summed E-state index contributed by atoms with van der Waals surface area (Å²) in [4.78, 5) is 13.9. The van der Waals surface area contributed by atoms with Crippen LogP contribution in [0.3, 0.4) is 0 Å². The smallest absolute Gasteiger partial charge is 0.244 e. The Labute approximate surface area is 114 Å². The van der Waals surface area contributed by atoms with Crippen molar-refractivity contribution in [1.82, 2.24) is 4.90 Å². The Hall–Kier alpha value is -2.22. The molecule has 1 amide bonds. The van der Waals surface area contributed by atoms with Crippen molar-refractivity contribution < 1.29 is 4.79 Å². The van der Waals surface area contributed by atoms with Crippen LogP contribution in [0.4, 0.5) is 11.4 Å². The summed E-state index contributed by atoms with van der Waals surface area (Å²) < 4.78 is 0. The van der Waals surface area contributed by atoms with Crippen LogP contribution in [-0.2, 0) is 4.79 Å². The van der Waals surface area contributed by atoms with E-state index in [0.717, 1.165) is 5.69 Å². The summed E-state index contributed by atoms with van der Waals surface area (Å²) in [5.74, 6) is 0.0490. The molecule has 1 aromatic carbocycles. The molecule has 0 fully saturated rings. The molecular weight excluding hydrogens is 240 g/mol. The Balaban J connectivity index is 2.77. The minimum atomic E-state index is -0.327. The molecule has 5 heteroatoms. The maximum atomic E-state index is 12.1. The van der Waals surface area contributed by atoms with E-state index in [4.69, 9.17) is 11.0 Å². The maximum absolute atomic E-state index is 12.1. The van der Waals surface area contributed by atoms with E-state index in [1.54, 1.807) is 23.1 Å². The molecule has 0 aliphatic heterocycles. The van der Waals surface area contributed by atoms with E-state index in [1.807, 2.05) is 26.8 Å². The van der Waals surface area contributed by atoms with Gasteiger partial charge in [-0.3, -0.25) is 4.79 Å². The number of nitrogens with two attached hydrogens (primary N) is 1. The summed E-state index contributed by atoms with van der Waals surface area (Å²) in [5.41, 5.74) is 7.33. The molecule has 3 N–H and O–H groups in total. The molecule has 1 unspecified atom stereocenters. The second-order valence-electron chi connectivity index (χ2n) is 4.29. The molecule has 0 radical (unpaired) electrons. The number of amides is 1. The number of carbonyl (C=O) groups is 1. The number of nitrogens with zero attached hydrogens (tertiary/aromatic N) is 2. The molecule has 0 spiro atoms. The Kier molecular flexibility index (Phi) is 5.19. The first kappa shape index (κ1) is 14.8. The van der Waals surface area contributed by atoms with Crippen LogP contribution in [0.25, 0.3) is 0 Å². The topological polar surface area (TPSA) is 82.2 Å². The lowest BCUT2D eigenvalue weighted by atomic mass is 10.1.